The first-order valence-corrected chi connectivity index (χ1v) is 7.89. The SMILES string of the molecule is CC(C)(C)c1ccc(/C=N/NC(=O)Cc2ccc(Cl)cc2)cc1. The number of carbonyl (C=O) groups is 1. The molecule has 2 aromatic carbocycles. The number of halogens is 1. The van der Waals surface area contributed by atoms with Crippen LogP contribution in [0.1, 0.15) is 37.5 Å². The summed E-state index contributed by atoms with van der Waals surface area (Å²) in [6.45, 7) is 6.52. The molecule has 23 heavy (non-hydrogen) atoms. The summed E-state index contributed by atoms with van der Waals surface area (Å²) in [4.78, 5) is 11.8. The Kier molecular flexibility index (Phi) is 5.56. The van der Waals surface area contributed by atoms with E-state index in [0.717, 1.165) is 11.1 Å². The lowest BCUT2D eigenvalue weighted by Gasteiger charge is -2.18. The van der Waals surface area contributed by atoms with Gasteiger partial charge in [0.1, 0.15) is 0 Å². The molecule has 0 spiro atoms. The summed E-state index contributed by atoms with van der Waals surface area (Å²) in [5.41, 5.74) is 5.78. The number of hydrazone groups is 1. The Labute approximate surface area is 142 Å². The number of nitrogens with one attached hydrogen (secondary N) is 1. The van der Waals surface area contributed by atoms with Crippen molar-refractivity contribution in [3.8, 4) is 0 Å². The van der Waals surface area contributed by atoms with Gasteiger partial charge < -0.3 is 0 Å². The van der Waals surface area contributed by atoms with Gasteiger partial charge in [0.05, 0.1) is 12.6 Å². The first kappa shape index (κ1) is 17.2. The Morgan fingerprint density at radius 3 is 2.26 bits per heavy atom. The first-order valence-electron chi connectivity index (χ1n) is 7.51. The van der Waals surface area contributed by atoms with E-state index in [-0.39, 0.29) is 17.7 Å². The molecule has 1 amide bonds. The number of nitrogens with zero attached hydrogens (tertiary/aromatic N) is 1. The summed E-state index contributed by atoms with van der Waals surface area (Å²) >= 11 is 5.81. The third kappa shape index (κ3) is 5.53. The molecule has 0 aromatic heterocycles. The minimum absolute atomic E-state index is 0.127. The van der Waals surface area contributed by atoms with Crippen molar-refractivity contribution in [2.75, 3.05) is 0 Å². The summed E-state index contributed by atoms with van der Waals surface area (Å²) < 4.78 is 0. The maximum atomic E-state index is 11.8. The van der Waals surface area contributed by atoms with Crippen LogP contribution >= 0.6 is 11.6 Å². The molecule has 0 aliphatic rings. The standard InChI is InChI=1S/C19H21ClN2O/c1-19(2,3)16-8-4-15(5-9-16)13-21-22-18(23)12-14-6-10-17(20)11-7-14/h4-11,13H,12H2,1-3H3,(H,22,23)/b21-13+. The van der Waals surface area contributed by atoms with Gasteiger partial charge in [-0.25, -0.2) is 5.43 Å². The van der Waals surface area contributed by atoms with Crippen molar-refractivity contribution in [3.63, 3.8) is 0 Å². The molecule has 0 saturated heterocycles. The second-order valence-electron chi connectivity index (χ2n) is 6.47. The van der Waals surface area contributed by atoms with Gasteiger partial charge in [-0.3, -0.25) is 4.79 Å². The molecule has 2 rings (SSSR count). The van der Waals surface area contributed by atoms with Crippen molar-refractivity contribution in [1.29, 1.82) is 0 Å². The van der Waals surface area contributed by atoms with Crippen molar-refractivity contribution >= 4 is 23.7 Å². The molecular formula is C19H21ClN2O. The fourth-order valence-corrected chi connectivity index (χ4v) is 2.20. The van der Waals surface area contributed by atoms with E-state index >= 15 is 0 Å². The van der Waals surface area contributed by atoms with E-state index in [1.54, 1.807) is 18.3 Å². The number of benzene rings is 2. The second kappa shape index (κ2) is 7.42. The third-order valence-corrected chi connectivity index (χ3v) is 3.71. The van der Waals surface area contributed by atoms with Gasteiger partial charge in [0, 0.05) is 5.02 Å². The van der Waals surface area contributed by atoms with Gasteiger partial charge in [-0.15, -0.1) is 0 Å². The highest BCUT2D eigenvalue weighted by molar-refractivity contribution is 6.30. The molecule has 0 unspecified atom stereocenters. The Morgan fingerprint density at radius 1 is 1.09 bits per heavy atom. The Morgan fingerprint density at radius 2 is 1.70 bits per heavy atom. The summed E-state index contributed by atoms with van der Waals surface area (Å²) in [5, 5.41) is 4.65. The number of amides is 1. The van der Waals surface area contributed by atoms with E-state index in [1.165, 1.54) is 5.56 Å². The van der Waals surface area contributed by atoms with E-state index in [9.17, 15) is 4.79 Å². The van der Waals surface area contributed by atoms with Crippen molar-refractivity contribution < 1.29 is 4.79 Å². The van der Waals surface area contributed by atoms with Gasteiger partial charge in [0.2, 0.25) is 5.91 Å². The lowest BCUT2D eigenvalue weighted by atomic mass is 9.87. The predicted octanol–water partition coefficient (Wildman–Crippen LogP) is 4.33. The molecule has 2 aromatic rings. The molecule has 3 nitrogen and oxygen atoms in total. The largest absolute Gasteiger partial charge is 0.273 e. The highest BCUT2D eigenvalue weighted by Gasteiger charge is 2.12. The van der Waals surface area contributed by atoms with Gasteiger partial charge in [-0.1, -0.05) is 68.8 Å². The Balaban J connectivity index is 1.88. The molecule has 0 aliphatic heterocycles. The maximum absolute atomic E-state index is 11.8. The normalized spacial score (nSPS) is 11.7. The zero-order valence-corrected chi connectivity index (χ0v) is 14.4. The van der Waals surface area contributed by atoms with Crippen LogP contribution in [0.3, 0.4) is 0 Å². The molecule has 4 heteroatoms. The fraction of sp³-hybridized carbons (Fsp3) is 0.263. The summed E-state index contributed by atoms with van der Waals surface area (Å²) in [6, 6.07) is 15.3. The van der Waals surface area contributed by atoms with Gasteiger partial charge in [0.15, 0.2) is 0 Å². The highest BCUT2D eigenvalue weighted by Crippen LogP contribution is 2.21. The lowest BCUT2D eigenvalue weighted by Crippen LogP contribution is -2.19. The first-order chi connectivity index (χ1) is 10.8. The minimum Gasteiger partial charge on any atom is -0.273 e. The minimum atomic E-state index is -0.158. The number of carbonyl (C=O) groups excluding carboxylic acids is 1. The molecule has 1 N–H and O–H groups in total. The number of hydrogen-bond donors (Lipinski definition) is 1. The van der Waals surface area contributed by atoms with Crippen LogP contribution < -0.4 is 5.43 Å². The third-order valence-electron chi connectivity index (χ3n) is 3.46. The van der Waals surface area contributed by atoms with Crippen LogP contribution in [0.5, 0.6) is 0 Å². The van der Waals surface area contributed by atoms with Crippen LogP contribution in [0, 0.1) is 0 Å². The van der Waals surface area contributed by atoms with Crippen LogP contribution in [0.2, 0.25) is 5.02 Å². The topological polar surface area (TPSA) is 41.5 Å². The van der Waals surface area contributed by atoms with E-state index in [2.05, 4.69) is 43.4 Å². The van der Waals surface area contributed by atoms with Crippen LogP contribution in [-0.2, 0) is 16.6 Å². The molecule has 0 atom stereocenters. The van der Waals surface area contributed by atoms with Crippen LogP contribution in [0.4, 0.5) is 0 Å². The summed E-state index contributed by atoms with van der Waals surface area (Å²) in [7, 11) is 0. The van der Waals surface area contributed by atoms with Crippen molar-refractivity contribution in [3.05, 3.63) is 70.2 Å². The van der Waals surface area contributed by atoms with Crippen molar-refractivity contribution in [2.45, 2.75) is 32.6 Å². The molecule has 0 bridgehead atoms. The Bertz CT molecular complexity index is 683. The van der Waals surface area contributed by atoms with E-state index in [4.69, 9.17) is 11.6 Å². The van der Waals surface area contributed by atoms with Crippen LogP contribution in [0.15, 0.2) is 53.6 Å². The predicted molar refractivity (Wildman–Crippen MR) is 96.0 cm³/mol. The van der Waals surface area contributed by atoms with Crippen LogP contribution in [0.25, 0.3) is 0 Å². The second-order valence-corrected chi connectivity index (χ2v) is 6.90. The van der Waals surface area contributed by atoms with E-state index < -0.39 is 0 Å². The molecule has 0 saturated carbocycles. The molecular weight excluding hydrogens is 308 g/mol. The van der Waals surface area contributed by atoms with Crippen LogP contribution in [-0.4, -0.2) is 12.1 Å². The zero-order valence-electron chi connectivity index (χ0n) is 13.6. The summed E-state index contributed by atoms with van der Waals surface area (Å²) in [6.07, 6.45) is 1.92. The molecule has 0 aliphatic carbocycles. The summed E-state index contributed by atoms with van der Waals surface area (Å²) in [5.74, 6) is -0.158. The smallest absolute Gasteiger partial charge is 0.244 e. The quantitative estimate of drug-likeness (QED) is 0.658. The van der Waals surface area contributed by atoms with Gasteiger partial charge in [-0.05, 0) is 34.2 Å². The molecule has 0 heterocycles. The Hall–Kier alpha value is -2.13. The molecule has 120 valence electrons. The maximum Gasteiger partial charge on any atom is 0.244 e. The van der Waals surface area contributed by atoms with Gasteiger partial charge >= 0.3 is 0 Å². The molecule has 0 fully saturated rings. The highest BCUT2D eigenvalue weighted by atomic mass is 35.5. The number of hydrogen-bond acceptors (Lipinski definition) is 2. The average molecular weight is 329 g/mol. The average Bonchev–Trinajstić information content (AvgIpc) is 2.49. The van der Waals surface area contributed by atoms with Gasteiger partial charge in [0.25, 0.3) is 0 Å². The lowest BCUT2D eigenvalue weighted by molar-refractivity contribution is -0.120. The van der Waals surface area contributed by atoms with Crippen molar-refractivity contribution in [1.82, 2.24) is 5.43 Å². The zero-order chi connectivity index (χ0) is 16.9. The molecule has 0 radical (unpaired) electrons. The van der Waals surface area contributed by atoms with E-state index in [0.29, 0.717) is 5.02 Å². The van der Waals surface area contributed by atoms with Crippen molar-refractivity contribution in [2.24, 2.45) is 5.10 Å². The van der Waals surface area contributed by atoms with Gasteiger partial charge in [-0.2, -0.15) is 5.10 Å². The van der Waals surface area contributed by atoms with E-state index in [1.807, 2.05) is 24.3 Å². The number of rotatable bonds is 4. The monoisotopic (exact) mass is 328 g/mol. The fourth-order valence-electron chi connectivity index (χ4n) is 2.08.